The van der Waals surface area contributed by atoms with Crippen LogP contribution in [0.5, 0.6) is 5.75 Å². The fraction of sp³-hybridized carbons (Fsp3) is 0.143. The minimum Gasteiger partial charge on any atom is -0.497 e. The maximum atomic E-state index is 13.4. The van der Waals surface area contributed by atoms with Gasteiger partial charge in [-0.05, 0) is 54.9 Å². The molecule has 4 rings (SSSR count). The zero-order valence-corrected chi connectivity index (χ0v) is 19.2. The van der Waals surface area contributed by atoms with Crippen molar-refractivity contribution in [1.82, 2.24) is 19.8 Å². The molecule has 0 aliphatic carbocycles. The first-order chi connectivity index (χ1) is 15.9. The number of ether oxygens (including phenoxy) is 1. The highest BCUT2D eigenvalue weighted by Gasteiger charge is 2.28. The van der Waals surface area contributed by atoms with Crippen molar-refractivity contribution in [1.29, 1.82) is 0 Å². The summed E-state index contributed by atoms with van der Waals surface area (Å²) in [6.45, 7) is 1.74. The molecule has 33 heavy (non-hydrogen) atoms. The van der Waals surface area contributed by atoms with Gasteiger partial charge < -0.3 is 9.64 Å². The molecule has 10 nitrogen and oxygen atoms in total. The Balaban J connectivity index is 1.94. The van der Waals surface area contributed by atoms with Crippen LogP contribution >= 0.6 is 11.5 Å². The summed E-state index contributed by atoms with van der Waals surface area (Å²) in [5.41, 5.74) is 2.85. The lowest BCUT2D eigenvalue weighted by atomic mass is 10.1. The van der Waals surface area contributed by atoms with Gasteiger partial charge in [0.15, 0.2) is 9.84 Å². The predicted octanol–water partition coefficient (Wildman–Crippen LogP) is 3.09. The van der Waals surface area contributed by atoms with Gasteiger partial charge in [-0.15, -0.1) is 0 Å². The Morgan fingerprint density at radius 3 is 2.61 bits per heavy atom. The zero-order valence-electron chi connectivity index (χ0n) is 17.6. The summed E-state index contributed by atoms with van der Waals surface area (Å²) in [4.78, 5) is 23.0. The SMILES string of the molecule is COc1ccc(S(=O)(=O)CN(c2cccnc2)c2c(C(=O)NO)cnc3snc(C)c23)cc1. The fourth-order valence-electron chi connectivity index (χ4n) is 3.35. The number of aromatic nitrogens is 3. The van der Waals surface area contributed by atoms with E-state index >= 15 is 0 Å². The number of nitrogens with zero attached hydrogens (tertiary/aromatic N) is 4. The van der Waals surface area contributed by atoms with E-state index in [-0.39, 0.29) is 16.1 Å². The van der Waals surface area contributed by atoms with Gasteiger partial charge in [0.2, 0.25) is 0 Å². The molecule has 0 bridgehead atoms. The molecule has 0 spiro atoms. The average molecular weight is 486 g/mol. The monoisotopic (exact) mass is 485 g/mol. The number of hydroxylamine groups is 1. The summed E-state index contributed by atoms with van der Waals surface area (Å²) >= 11 is 1.13. The van der Waals surface area contributed by atoms with Crippen molar-refractivity contribution < 1.29 is 23.2 Å². The first kappa shape index (κ1) is 22.6. The molecule has 1 aromatic carbocycles. The highest BCUT2D eigenvalue weighted by molar-refractivity contribution is 7.91. The molecule has 0 aliphatic rings. The standard InChI is InChI=1S/C21H19N5O5S2/c1-13-18-19(17(20(27)24-28)11-23-21(18)32-25-13)26(14-4-3-9-22-10-14)12-33(29,30)16-7-5-15(31-2)6-8-16/h3-11,28H,12H2,1-2H3,(H,24,27). The van der Waals surface area contributed by atoms with Crippen molar-refractivity contribution >= 4 is 48.9 Å². The number of nitrogens with one attached hydrogen (secondary N) is 1. The molecular formula is C21H19N5O5S2. The Bertz CT molecular complexity index is 1410. The van der Waals surface area contributed by atoms with E-state index in [1.165, 1.54) is 36.5 Å². The normalized spacial score (nSPS) is 11.4. The van der Waals surface area contributed by atoms with Crippen LogP contribution in [0.3, 0.4) is 0 Å². The summed E-state index contributed by atoms with van der Waals surface area (Å²) in [6.07, 6.45) is 4.33. The van der Waals surface area contributed by atoms with Gasteiger partial charge in [-0.3, -0.25) is 15.0 Å². The number of sulfone groups is 1. The fourth-order valence-corrected chi connectivity index (χ4v) is 5.42. The Kier molecular flexibility index (Phi) is 6.22. The number of benzene rings is 1. The Morgan fingerprint density at radius 1 is 1.21 bits per heavy atom. The molecule has 4 aromatic rings. The summed E-state index contributed by atoms with van der Waals surface area (Å²) in [6, 6.07) is 9.36. The van der Waals surface area contributed by atoms with Crippen molar-refractivity contribution in [2.24, 2.45) is 0 Å². The van der Waals surface area contributed by atoms with Crippen LogP contribution in [0.4, 0.5) is 11.4 Å². The maximum absolute atomic E-state index is 13.4. The molecule has 0 saturated heterocycles. The van der Waals surface area contributed by atoms with Gasteiger partial charge in [0.05, 0.1) is 46.2 Å². The lowest BCUT2D eigenvalue weighted by molar-refractivity contribution is 0.0707. The van der Waals surface area contributed by atoms with Crippen molar-refractivity contribution in [2.75, 3.05) is 17.9 Å². The van der Waals surface area contributed by atoms with Crippen LogP contribution in [0.2, 0.25) is 0 Å². The number of hydrogen-bond acceptors (Lipinski definition) is 10. The number of anilines is 2. The molecule has 1 amide bonds. The van der Waals surface area contributed by atoms with E-state index in [0.717, 1.165) is 11.5 Å². The van der Waals surface area contributed by atoms with E-state index in [4.69, 9.17) is 4.74 Å². The van der Waals surface area contributed by atoms with Crippen LogP contribution in [-0.4, -0.2) is 46.9 Å². The van der Waals surface area contributed by atoms with Crippen molar-refractivity contribution in [3.05, 3.63) is 66.2 Å². The smallest absolute Gasteiger partial charge is 0.278 e. The molecule has 2 N–H and O–H groups in total. The number of hydrogen-bond donors (Lipinski definition) is 2. The quantitative estimate of drug-likeness (QED) is 0.299. The first-order valence-corrected chi connectivity index (χ1v) is 12.0. The van der Waals surface area contributed by atoms with E-state index in [1.807, 2.05) is 0 Å². The number of methoxy groups -OCH3 is 1. The molecule has 0 saturated carbocycles. The Morgan fingerprint density at radius 2 is 1.97 bits per heavy atom. The van der Waals surface area contributed by atoms with Crippen molar-refractivity contribution in [3.8, 4) is 5.75 Å². The molecule has 0 radical (unpaired) electrons. The highest BCUT2D eigenvalue weighted by Crippen LogP contribution is 2.38. The number of carbonyl (C=O) groups excluding carboxylic acids is 1. The van der Waals surface area contributed by atoms with Gasteiger partial charge in [0, 0.05) is 12.4 Å². The van der Waals surface area contributed by atoms with Gasteiger partial charge in [0.25, 0.3) is 5.91 Å². The van der Waals surface area contributed by atoms with E-state index < -0.39 is 21.6 Å². The van der Waals surface area contributed by atoms with E-state index in [2.05, 4.69) is 14.3 Å². The zero-order chi connectivity index (χ0) is 23.6. The third-order valence-electron chi connectivity index (χ3n) is 4.94. The van der Waals surface area contributed by atoms with Gasteiger partial charge in [0.1, 0.15) is 16.5 Å². The van der Waals surface area contributed by atoms with E-state index in [1.54, 1.807) is 42.9 Å². The highest BCUT2D eigenvalue weighted by atomic mass is 32.2. The number of aryl methyl sites for hydroxylation is 1. The molecule has 12 heteroatoms. The number of carbonyl (C=O) groups is 1. The molecule has 0 aliphatic heterocycles. The second-order valence-electron chi connectivity index (χ2n) is 6.97. The first-order valence-electron chi connectivity index (χ1n) is 9.59. The molecule has 3 aromatic heterocycles. The maximum Gasteiger partial charge on any atom is 0.278 e. The largest absolute Gasteiger partial charge is 0.497 e. The summed E-state index contributed by atoms with van der Waals surface area (Å²) < 4.78 is 36.3. The number of rotatable bonds is 7. The Labute approximate surface area is 193 Å². The lowest BCUT2D eigenvalue weighted by Crippen LogP contribution is -2.29. The third-order valence-corrected chi connectivity index (χ3v) is 7.37. The van der Waals surface area contributed by atoms with E-state index in [0.29, 0.717) is 27.3 Å². The van der Waals surface area contributed by atoms with Gasteiger partial charge in [-0.2, -0.15) is 4.37 Å². The van der Waals surface area contributed by atoms with Gasteiger partial charge in [-0.1, -0.05) is 0 Å². The minimum atomic E-state index is -3.88. The molecular weight excluding hydrogens is 466 g/mol. The molecule has 0 atom stereocenters. The minimum absolute atomic E-state index is 0.0120. The van der Waals surface area contributed by atoms with Crippen molar-refractivity contribution in [3.63, 3.8) is 0 Å². The van der Waals surface area contributed by atoms with E-state index in [9.17, 15) is 18.4 Å². The lowest BCUT2D eigenvalue weighted by Gasteiger charge is -2.27. The molecule has 170 valence electrons. The van der Waals surface area contributed by atoms with Crippen LogP contribution in [-0.2, 0) is 9.84 Å². The van der Waals surface area contributed by atoms with Crippen LogP contribution in [0.15, 0.2) is 59.9 Å². The van der Waals surface area contributed by atoms with Gasteiger partial charge in [-0.25, -0.2) is 18.9 Å². The molecule has 0 fully saturated rings. The molecule has 3 heterocycles. The summed E-state index contributed by atoms with van der Waals surface area (Å²) in [5, 5.41) is 9.82. The molecule has 0 unspecified atom stereocenters. The van der Waals surface area contributed by atoms with Crippen molar-refractivity contribution in [2.45, 2.75) is 11.8 Å². The summed E-state index contributed by atoms with van der Waals surface area (Å²) in [7, 11) is -2.39. The topological polar surface area (TPSA) is 135 Å². The number of fused-ring (bicyclic) bond motifs is 1. The predicted molar refractivity (Wildman–Crippen MR) is 123 cm³/mol. The third kappa shape index (κ3) is 4.35. The second kappa shape index (κ2) is 9.10. The second-order valence-corrected chi connectivity index (χ2v) is 9.68. The average Bonchev–Trinajstić information content (AvgIpc) is 3.23. The van der Waals surface area contributed by atoms with Crippen LogP contribution in [0, 0.1) is 6.92 Å². The number of amides is 1. The van der Waals surface area contributed by atoms with Crippen LogP contribution in [0.25, 0.3) is 10.2 Å². The van der Waals surface area contributed by atoms with Crippen LogP contribution < -0.4 is 15.1 Å². The summed E-state index contributed by atoms with van der Waals surface area (Å²) in [5.74, 6) is -0.818. The number of pyridine rings is 2. The Hall–Kier alpha value is -3.61. The van der Waals surface area contributed by atoms with Gasteiger partial charge >= 0.3 is 0 Å². The van der Waals surface area contributed by atoms with Crippen LogP contribution in [0.1, 0.15) is 16.1 Å².